The number of anilines is 1. The van der Waals surface area contributed by atoms with E-state index in [1.54, 1.807) is 21.9 Å². The number of amides is 3. The van der Waals surface area contributed by atoms with Gasteiger partial charge in [0.15, 0.2) is 5.82 Å². The molecule has 4 rings (SSSR count). The SMILES string of the molecule is CCOc1ccccc1NC(=O)N1CCN(C(=O)c2nc(-c3ccccc3)nc(C(C)C)c2C(=O)OC)CC1C. The highest BCUT2D eigenvalue weighted by Crippen LogP contribution is 2.28. The molecule has 1 atom stereocenters. The number of piperazine rings is 1. The summed E-state index contributed by atoms with van der Waals surface area (Å²) >= 11 is 0. The van der Waals surface area contributed by atoms with Crippen LogP contribution in [-0.2, 0) is 4.74 Å². The molecule has 1 saturated heterocycles. The predicted octanol–water partition coefficient (Wildman–Crippen LogP) is 4.83. The molecule has 0 bridgehead atoms. The number of ether oxygens (including phenoxy) is 2. The van der Waals surface area contributed by atoms with E-state index in [-0.39, 0.29) is 42.3 Å². The zero-order valence-corrected chi connectivity index (χ0v) is 23.5. The van der Waals surface area contributed by atoms with Crippen molar-refractivity contribution in [3.63, 3.8) is 0 Å². The Balaban J connectivity index is 1.60. The number of para-hydroxylation sites is 2. The first kappa shape index (κ1) is 28.5. The van der Waals surface area contributed by atoms with Crippen LogP contribution in [0.2, 0.25) is 0 Å². The van der Waals surface area contributed by atoms with Crippen LogP contribution in [0.15, 0.2) is 54.6 Å². The van der Waals surface area contributed by atoms with Gasteiger partial charge >= 0.3 is 12.0 Å². The van der Waals surface area contributed by atoms with E-state index in [0.717, 1.165) is 5.56 Å². The van der Waals surface area contributed by atoms with E-state index in [1.807, 2.05) is 70.2 Å². The maximum Gasteiger partial charge on any atom is 0.342 e. The molecule has 10 heteroatoms. The molecule has 210 valence electrons. The van der Waals surface area contributed by atoms with Crippen LogP contribution in [0.5, 0.6) is 5.75 Å². The number of carbonyl (C=O) groups excluding carboxylic acids is 3. The Morgan fingerprint density at radius 2 is 1.73 bits per heavy atom. The number of rotatable bonds is 7. The average molecular weight is 546 g/mol. The smallest absolute Gasteiger partial charge is 0.342 e. The van der Waals surface area contributed by atoms with Crippen molar-refractivity contribution < 1.29 is 23.9 Å². The van der Waals surface area contributed by atoms with Crippen LogP contribution >= 0.6 is 0 Å². The Morgan fingerprint density at radius 3 is 2.38 bits per heavy atom. The number of carbonyl (C=O) groups is 3. The second kappa shape index (κ2) is 12.6. The van der Waals surface area contributed by atoms with Crippen molar-refractivity contribution in [3.05, 3.63) is 71.5 Å². The van der Waals surface area contributed by atoms with Gasteiger partial charge in [-0.15, -0.1) is 0 Å². The molecular formula is C30H35N5O5. The third kappa shape index (κ3) is 6.06. The van der Waals surface area contributed by atoms with Gasteiger partial charge in [-0.05, 0) is 31.9 Å². The van der Waals surface area contributed by atoms with Crippen molar-refractivity contribution in [1.29, 1.82) is 0 Å². The van der Waals surface area contributed by atoms with Crippen LogP contribution in [0.1, 0.15) is 60.2 Å². The van der Waals surface area contributed by atoms with Crippen LogP contribution in [0.25, 0.3) is 11.4 Å². The fourth-order valence-electron chi connectivity index (χ4n) is 4.70. The van der Waals surface area contributed by atoms with Crippen molar-refractivity contribution in [2.24, 2.45) is 0 Å². The zero-order chi connectivity index (χ0) is 28.8. The molecule has 1 aliphatic heterocycles. The van der Waals surface area contributed by atoms with Crippen LogP contribution < -0.4 is 10.1 Å². The Labute approximate surface area is 234 Å². The van der Waals surface area contributed by atoms with Gasteiger partial charge in [-0.3, -0.25) is 4.79 Å². The van der Waals surface area contributed by atoms with E-state index < -0.39 is 11.9 Å². The normalized spacial score (nSPS) is 15.1. The predicted molar refractivity (Wildman–Crippen MR) is 152 cm³/mol. The molecule has 1 unspecified atom stereocenters. The van der Waals surface area contributed by atoms with Crippen molar-refractivity contribution in [3.8, 4) is 17.1 Å². The third-order valence-electron chi connectivity index (χ3n) is 6.71. The van der Waals surface area contributed by atoms with Crippen LogP contribution in [-0.4, -0.2) is 77.1 Å². The van der Waals surface area contributed by atoms with E-state index in [4.69, 9.17) is 9.47 Å². The van der Waals surface area contributed by atoms with Crippen molar-refractivity contribution in [1.82, 2.24) is 19.8 Å². The summed E-state index contributed by atoms with van der Waals surface area (Å²) in [6.45, 7) is 8.88. The molecule has 0 saturated carbocycles. The van der Waals surface area contributed by atoms with Crippen LogP contribution in [0.3, 0.4) is 0 Å². The first-order chi connectivity index (χ1) is 19.2. The van der Waals surface area contributed by atoms with Crippen LogP contribution in [0.4, 0.5) is 10.5 Å². The summed E-state index contributed by atoms with van der Waals surface area (Å²) in [7, 11) is 1.27. The average Bonchev–Trinajstić information content (AvgIpc) is 2.97. The van der Waals surface area contributed by atoms with Gasteiger partial charge in [0.05, 0.1) is 25.1 Å². The monoisotopic (exact) mass is 545 g/mol. The molecule has 0 radical (unpaired) electrons. The molecule has 2 heterocycles. The standard InChI is InChI=1S/C30H35N5O5/c1-6-40-23-15-11-10-14-22(23)31-30(38)35-17-16-34(18-20(35)4)28(36)26-24(29(37)39-5)25(19(2)3)32-27(33-26)21-12-8-7-9-13-21/h7-15,19-20H,6,16-18H2,1-5H3,(H,31,38). The van der Waals surface area contributed by atoms with Crippen molar-refractivity contribution >= 4 is 23.6 Å². The molecule has 40 heavy (non-hydrogen) atoms. The number of esters is 1. The number of aromatic nitrogens is 2. The lowest BCUT2D eigenvalue weighted by molar-refractivity contribution is 0.0550. The van der Waals surface area contributed by atoms with E-state index in [2.05, 4.69) is 15.3 Å². The molecule has 10 nitrogen and oxygen atoms in total. The molecule has 3 amide bonds. The number of nitrogens with one attached hydrogen (secondary N) is 1. The van der Waals surface area contributed by atoms with Gasteiger partial charge in [0.25, 0.3) is 5.91 Å². The summed E-state index contributed by atoms with van der Waals surface area (Å²) in [6.07, 6.45) is 0. The maximum absolute atomic E-state index is 13.9. The Bertz CT molecular complexity index is 1380. The molecule has 3 aromatic rings. The van der Waals surface area contributed by atoms with E-state index >= 15 is 0 Å². The van der Waals surface area contributed by atoms with Gasteiger partial charge in [0.1, 0.15) is 17.0 Å². The minimum atomic E-state index is -0.661. The lowest BCUT2D eigenvalue weighted by Gasteiger charge is -2.39. The number of benzene rings is 2. The number of hydrogen-bond donors (Lipinski definition) is 1. The lowest BCUT2D eigenvalue weighted by atomic mass is 10.00. The highest BCUT2D eigenvalue weighted by atomic mass is 16.5. The van der Waals surface area contributed by atoms with Crippen molar-refractivity contribution in [2.45, 2.75) is 39.7 Å². The summed E-state index contributed by atoms with van der Waals surface area (Å²) in [6, 6.07) is 16.0. The maximum atomic E-state index is 13.9. The summed E-state index contributed by atoms with van der Waals surface area (Å²) < 4.78 is 10.7. The quantitative estimate of drug-likeness (QED) is 0.423. The van der Waals surface area contributed by atoms with Crippen molar-refractivity contribution in [2.75, 3.05) is 38.7 Å². The molecule has 1 fully saturated rings. The fourth-order valence-corrected chi connectivity index (χ4v) is 4.70. The summed E-state index contributed by atoms with van der Waals surface area (Å²) in [5.41, 5.74) is 1.83. The highest BCUT2D eigenvalue weighted by molar-refractivity contribution is 6.05. The second-order valence-electron chi connectivity index (χ2n) is 9.82. The van der Waals surface area contributed by atoms with Crippen LogP contribution in [0, 0.1) is 0 Å². The Morgan fingerprint density at radius 1 is 1.02 bits per heavy atom. The van der Waals surface area contributed by atoms with Gasteiger partial charge in [-0.1, -0.05) is 56.3 Å². The van der Waals surface area contributed by atoms with E-state index in [0.29, 0.717) is 36.1 Å². The zero-order valence-electron chi connectivity index (χ0n) is 23.5. The number of nitrogens with zero attached hydrogens (tertiary/aromatic N) is 4. The van der Waals surface area contributed by atoms with Gasteiger partial charge in [-0.25, -0.2) is 19.6 Å². The topological polar surface area (TPSA) is 114 Å². The van der Waals surface area contributed by atoms with Gasteiger partial charge < -0.3 is 24.6 Å². The Kier molecular flexibility index (Phi) is 8.98. The van der Waals surface area contributed by atoms with Gasteiger partial charge in [0, 0.05) is 31.2 Å². The van der Waals surface area contributed by atoms with E-state index in [9.17, 15) is 14.4 Å². The minimum absolute atomic E-state index is 0.000135. The number of methoxy groups -OCH3 is 1. The Hall–Kier alpha value is -4.47. The molecule has 1 aliphatic rings. The number of hydrogen-bond acceptors (Lipinski definition) is 7. The largest absolute Gasteiger partial charge is 0.492 e. The summed E-state index contributed by atoms with van der Waals surface area (Å²) in [5.74, 6) is -0.278. The van der Waals surface area contributed by atoms with E-state index in [1.165, 1.54) is 7.11 Å². The second-order valence-corrected chi connectivity index (χ2v) is 9.82. The highest BCUT2D eigenvalue weighted by Gasteiger charge is 2.35. The molecular weight excluding hydrogens is 510 g/mol. The molecule has 0 aliphatic carbocycles. The first-order valence-electron chi connectivity index (χ1n) is 13.4. The lowest BCUT2D eigenvalue weighted by Crippen LogP contribution is -2.56. The molecule has 2 aromatic carbocycles. The minimum Gasteiger partial charge on any atom is -0.492 e. The van der Waals surface area contributed by atoms with Gasteiger partial charge in [0.2, 0.25) is 0 Å². The third-order valence-corrected chi connectivity index (χ3v) is 6.71. The summed E-state index contributed by atoms with van der Waals surface area (Å²) in [4.78, 5) is 52.5. The van der Waals surface area contributed by atoms with Gasteiger partial charge in [-0.2, -0.15) is 0 Å². The molecule has 0 spiro atoms. The summed E-state index contributed by atoms with van der Waals surface area (Å²) in [5, 5.41) is 2.93. The molecule has 1 N–H and O–H groups in total. The number of urea groups is 1. The fraction of sp³-hybridized carbons (Fsp3) is 0.367. The molecule has 1 aromatic heterocycles. The first-order valence-corrected chi connectivity index (χ1v) is 13.4.